The lowest BCUT2D eigenvalue weighted by molar-refractivity contribution is -0.385. The van der Waals surface area contributed by atoms with Crippen molar-refractivity contribution in [3.8, 4) is 5.75 Å². The average Bonchev–Trinajstić information content (AvgIpc) is 2.70. The van der Waals surface area contributed by atoms with Gasteiger partial charge < -0.3 is 10.1 Å². The van der Waals surface area contributed by atoms with Gasteiger partial charge in [0.1, 0.15) is 0 Å². The first-order valence-electron chi connectivity index (χ1n) is 8.24. The summed E-state index contributed by atoms with van der Waals surface area (Å²) >= 11 is 0. The summed E-state index contributed by atoms with van der Waals surface area (Å²) in [5, 5.41) is 13.5. The predicted molar refractivity (Wildman–Crippen MR) is 99.2 cm³/mol. The van der Waals surface area contributed by atoms with Crippen LogP contribution < -0.4 is 20.9 Å². The third kappa shape index (κ3) is 6.75. The van der Waals surface area contributed by atoms with Crippen LogP contribution in [0, 0.1) is 10.1 Å². The van der Waals surface area contributed by atoms with Crippen molar-refractivity contribution in [2.75, 3.05) is 11.9 Å². The number of carbonyl (C=O) groups excluding carboxylic acids is 3. The predicted octanol–water partition coefficient (Wildman–Crippen LogP) is 1.54. The van der Waals surface area contributed by atoms with Crippen LogP contribution in [0.5, 0.6) is 5.75 Å². The van der Waals surface area contributed by atoms with Gasteiger partial charge in [0.25, 0.3) is 5.91 Å². The lowest BCUT2D eigenvalue weighted by Crippen LogP contribution is -2.44. The van der Waals surface area contributed by atoms with Crippen LogP contribution in [0.4, 0.5) is 11.4 Å². The molecular weight excluding hydrogens is 368 g/mol. The number of ether oxygens (including phenoxy) is 1. The van der Waals surface area contributed by atoms with E-state index in [0.29, 0.717) is 5.69 Å². The Hall–Kier alpha value is -3.95. The Morgan fingerprint density at radius 1 is 0.857 bits per heavy atom. The molecular formula is C18H18N4O6. The van der Waals surface area contributed by atoms with Gasteiger partial charge in [-0.05, 0) is 18.2 Å². The summed E-state index contributed by atoms with van der Waals surface area (Å²) in [5.41, 5.74) is 4.60. The van der Waals surface area contributed by atoms with Crippen LogP contribution in [-0.2, 0) is 14.4 Å². The first-order chi connectivity index (χ1) is 13.5. The van der Waals surface area contributed by atoms with Crippen molar-refractivity contribution >= 4 is 29.1 Å². The fourth-order valence-electron chi connectivity index (χ4n) is 2.08. The molecule has 3 N–H and O–H groups in total. The largest absolute Gasteiger partial charge is 0.477 e. The quantitative estimate of drug-likeness (QED) is 0.464. The molecule has 146 valence electrons. The number of hydrazine groups is 1. The number of nitrogens with one attached hydrogen (secondary N) is 3. The van der Waals surface area contributed by atoms with E-state index in [4.69, 9.17) is 4.74 Å². The van der Waals surface area contributed by atoms with Crippen molar-refractivity contribution < 1.29 is 24.0 Å². The maximum absolute atomic E-state index is 11.7. The number of nitro benzene ring substituents is 1. The number of rotatable bonds is 8. The zero-order chi connectivity index (χ0) is 20.4. The van der Waals surface area contributed by atoms with Crippen LogP contribution in [-0.4, -0.2) is 29.3 Å². The number of anilines is 1. The van der Waals surface area contributed by atoms with Gasteiger partial charge in [-0.25, -0.2) is 0 Å². The molecule has 28 heavy (non-hydrogen) atoms. The van der Waals surface area contributed by atoms with E-state index < -0.39 is 23.3 Å². The van der Waals surface area contributed by atoms with Crippen LogP contribution in [0.2, 0.25) is 0 Å². The minimum atomic E-state index is -0.708. The van der Waals surface area contributed by atoms with E-state index in [2.05, 4.69) is 16.2 Å². The number of hydrogen-bond donors (Lipinski definition) is 3. The highest BCUT2D eigenvalue weighted by Crippen LogP contribution is 2.25. The van der Waals surface area contributed by atoms with Gasteiger partial charge in [0, 0.05) is 24.6 Å². The SMILES string of the molecule is O=C(CCC(=O)Nc1ccccc1)NNC(=O)COc1ccccc1[N+](=O)[O-]. The first-order valence-corrected chi connectivity index (χ1v) is 8.24. The number of para-hydroxylation sites is 3. The summed E-state index contributed by atoms with van der Waals surface area (Å²) in [4.78, 5) is 45.3. The van der Waals surface area contributed by atoms with Crippen LogP contribution in [0.25, 0.3) is 0 Å². The van der Waals surface area contributed by atoms with E-state index in [-0.39, 0.29) is 30.2 Å². The lowest BCUT2D eigenvalue weighted by Gasteiger charge is -2.09. The molecule has 0 spiro atoms. The van der Waals surface area contributed by atoms with Crippen molar-refractivity contribution in [2.24, 2.45) is 0 Å². The van der Waals surface area contributed by atoms with Gasteiger partial charge in [0.05, 0.1) is 4.92 Å². The number of nitro groups is 1. The fraction of sp³-hybridized carbons (Fsp3) is 0.167. The average molecular weight is 386 g/mol. The summed E-state index contributed by atoms with van der Waals surface area (Å²) in [7, 11) is 0. The normalized spacial score (nSPS) is 9.86. The first kappa shape index (κ1) is 20.4. The van der Waals surface area contributed by atoms with E-state index >= 15 is 0 Å². The number of carbonyl (C=O) groups is 3. The molecule has 10 nitrogen and oxygen atoms in total. The molecule has 0 fully saturated rings. The molecule has 2 rings (SSSR count). The molecule has 2 aromatic rings. The molecule has 0 aromatic heterocycles. The van der Waals surface area contributed by atoms with Gasteiger partial charge in [-0.1, -0.05) is 30.3 Å². The molecule has 0 atom stereocenters. The summed E-state index contributed by atoms with van der Waals surface area (Å²) < 4.78 is 5.09. The zero-order valence-corrected chi connectivity index (χ0v) is 14.7. The molecule has 0 unspecified atom stereocenters. The summed E-state index contributed by atoms with van der Waals surface area (Å²) in [6, 6.07) is 14.4. The monoisotopic (exact) mass is 386 g/mol. The number of benzene rings is 2. The van der Waals surface area contributed by atoms with E-state index in [0.717, 1.165) is 0 Å². The van der Waals surface area contributed by atoms with Gasteiger partial charge in [0.15, 0.2) is 12.4 Å². The van der Waals surface area contributed by atoms with E-state index in [9.17, 15) is 24.5 Å². The topological polar surface area (TPSA) is 140 Å². The highest BCUT2D eigenvalue weighted by Gasteiger charge is 2.15. The molecule has 2 aromatic carbocycles. The summed E-state index contributed by atoms with van der Waals surface area (Å²) in [5.74, 6) is -1.68. The number of hydrogen-bond acceptors (Lipinski definition) is 6. The van der Waals surface area contributed by atoms with Crippen molar-refractivity contribution in [3.63, 3.8) is 0 Å². The molecule has 3 amide bonds. The van der Waals surface area contributed by atoms with E-state index in [1.165, 1.54) is 24.3 Å². The molecule has 0 aliphatic rings. The second kappa shape index (κ2) is 10.3. The lowest BCUT2D eigenvalue weighted by atomic mass is 10.2. The van der Waals surface area contributed by atoms with Crippen LogP contribution >= 0.6 is 0 Å². The Labute approximate surface area is 160 Å². The van der Waals surface area contributed by atoms with Crippen LogP contribution in [0.15, 0.2) is 54.6 Å². The summed E-state index contributed by atoms with van der Waals surface area (Å²) in [6.45, 7) is -0.528. The number of nitrogens with zero attached hydrogens (tertiary/aromatic N) is 1. The van der Waals surface area contributed by atoms with E-state index in [1.807, 2.05) is 6.07 Å². The maximum atomic E-state index is 11.7. The molecule has 0 bridgehead atoms. The van der Waals surface area contributed by atoms with Gasteiger partial charge in [0.2, 0.25) is 11.8 Å². The maximum Gasteiger partial charge on any atom is 0.310 e. The highest BCUT2D eigenvalue weighted by atomic mass is 16.6. The third-order valence-corrected chi connectivity index (χ3v) is 3.40. The van der Waals surface area contributed by atoms with Crippen molar-refractivity contribution in [2.45, 2.75) is 12.8 Å². The molecule has 0 saturated carbocycles. The Morgan fingerprint density at radius 3 is 2.18 bits per heavy atom. The van der Waals surface area contributed by atoms with Crippen molar-refractivity contribution in [3.05, 3.63) is 64.7 Å². The van der Waals surface area contributed by atoms with Gasteiger partial charge in [-0.2, -0.15) is 0 Å². The Morgan fingerprint density at radius 2 is 1.46 bits per heavy atom. The van der Waals surface area contributed by atoms with Crippen LogP contribution in [0.1, 0.15) is 12.8 Å². The fourth-order valence-corrected chi connectivity index (χ4v) is 2.08. The Balaban J connectivity index is 1.67. The van der Waals surface area contributed by atoms with Crippen LogP contribution in [0.3, 0.4) is 0 Å². The molecule has 10 heteroatoms. The molecule has 0 aliphatic heterocycles. The van der Waals surface area contributed by atoms with Crippen molar-refractivity contribution in [1.82, 2.24) is 10.9 Å². The van der Waals surface area contributed by atoms with Gasteiger partial charge in [-0.3, -0.25) is 35.3 Å². The van der Waals surface area contributed by atoms with Crippen molar-refractivity contribution in [1.29, 1.82) is 0 Å². The Kier molecular flexibility index (Phi) is 7.46. The second-order valence-corrected chi connectivity index (χ2v) is 5.52. The number of amides is 3. The standard InChI is InChI=1S/C18H18N4O6/c23-16(19-13-6-2-1-3-7-13)10-11-17(24)20-21-18(25)12-28-15-9-5-4-8-14(15)22(26)27/h1-9H,10-12H2,(H,19,23)(H,20,24)(H,21,25). The molecule has 0 radical (unpaired) electrons. The summed E-state index contributed by atoms with van der Waals surface area (Å²) in [6.07, 6.45) is -0.201. The smallest absolute Gasteiger partial charge is 0.310 e. The van der Waals surface area contributed by atoms with Gasteiger partial charge >= 0.3 is 5.69 Å². The Bertz CT molecular complexity index is 856. The minimum absolute atomic E-state index is 0.0634. The zero-order valence-electron chi connectivity index (χ0n) is 14.7. The highest BCUT2D eigenvalue weighted by molar-refractivity contribution is 5.93. The van der Waals surface area contributed by atoms with Gasteiger partial charge in [-0.15, -0.1) is 0 Å². The molecule has 0 aliphatic carbocycles. The second-order valence-electron chi connectivity index (χ2n) is 5.52. The molecule has 0 heterocycles. The third-order valence-electron chi connectivity index (χ3n) is 3.40. The van der Waals surface area contributed by atoms with E-state index in [1.54, 1.807) is 24.3 Å². The minimum Gasteiger partial charge on any atom is -0.477 e. The molecule has 0 saturated heterocycles.